The van der Waals surface area contributed by atoms with Gasteiger partial charge in [-0.05, 0) is 106 Å². The van der Waals surface area contributed by atoms with Crippen molar-refractivity contribution in [3.63, 3.8) is 0 Å². The van der Waals surface area contributed by atoms with Crippen LogP contribution in [0.4, 0.5) is 10.5 Å². The number of carboxylic acid groups (broad SMARTS) is 1. The summed E-state index contributed by atoms with van der Waals surface area (Å²) in [6, 6.07) is -1.35. The Hall–Kier alpha value is -6.54. The Morgan fingerprint density at radius 3 is 1.77 bits per heavy atom. The lowest BCUT2D eigenvalue weighted by Gasteiger charge is -2.25. The van der Waals surface area contributed by atoms with Gasteiger partial charge in [-0.25, -0.2) is 4.79 Å². The van der Waals surface area contributed by atoms with Gasteiger partial charge in [0, 0.05) is 37.6 Å². The van der Waals surface area contributed by atoms with Crippen LogP contribution in [-0.2, 0) is 59.0 Å². The maximum Gasteiger partial charge on any atom is 0.407 e. The summed E-state index contributed by atoms with van der Waals surface area (Å²) in [5.74, 6) is -8.05. The molecule has 0 saturated heterocycles. The lowest BCUT2D eigenvalue weighted by atomic mass is 10.0. The van der Waals surface area contributed by atoms with Crippen LogP contribution in [0.15, 0.2) is 30.4 Å². The lowest BCUT2D eigenvalue weighted by Crippen LogP contribution is -2.56. The first-order valence-corrected chi connectivity index (χ1v) is 20.9. The molecule has 0 bridgehead atoms. The van der Waals surface area contributed by atoms with Crippen molar-refractivity contribution in [3.05, 3.63) is 35.9 Å². The number of rotatable bonds is 22. The molecule has 0 radical (unpaired) electrons. The van der Waals surface area contributed by atoms with Gasteiger partial charge in [0.25, 0.3) is 11.8 Å². The smallest absolute Gasteiger partial charge is 0.407 e. The molecular formula is C43H63N7O14. The van der Waals surface area contributed by atoms with Gasteiger partial charge in [0.05, 0.1) is 11.6 Å². The minimum absolute atomic E-state index is 0.0162. The lowest BCUT2D eigenvalue weighted by molar-refractivity contribution is -0.155. The van der Waals surface area contributed by atoms with Gasteiger partial charge in [-0.1, -0.05) is 13.0 Å². The highest BCUT2D eigenvalue weighted by molar-refractivity contribution is 6.12. The van der Waals surface area contributed by atoms with E-state index in [0.29, 0.717) is 5.56 Å². The maximum absolute atomic E-state index is 13.2. The third-order valence-electron chi connectivity index (χ3n) is 9.24. The van der Waals surface area contributed by atoms with E-state index in [9.17, 15) is 58.2 Å². The van der Waals surface area contributed by atoms with E-state index in [1.807, 2.05) is 0 Å². The summed E-state index contributed by atoms with van der Waals surface area (Å²) in [6.45, 7) is 15.6. The Balaban J connectivity index is 2.01. The summed E-state index contributed by atoms with van der Waals surface area (Å²) in [5.41, 5.74) is -0.958. The van der Waals surface area contributed by atoms with E-state index in [2.05, 4.69) is 31.9 Å². The second kappa shape index (κ2) is 23.8. The number of phenols is 1. The van der Waals surface area contributed by atoms with Gasteiger partial charge in [-0.2, -0.15) is 0 Å². The fourth-order valence-electron chi connectivity index (χ4n) is 5.91. The van der Waals surface area contributed by atoms with E-state index in [-0.39, 0.29) is 56.5 Å². The van der Waals surface area contributed by atoms with Crippen molar-refractivity contribution in [1.82, 2.24) is 31.5 Å². The van der Waals surface area contributed by atoms with E-state index in [1.54, 1.807) is 47.6 Å². The average molecular weight is 902 g/mol. The zero-order valence-electron chi connectivity index (χ0n) is 38.0. The van der Waals surface area contributed by atoms with Crippen molar-refractivity contribution in [2.45, 2.75) is 149 Å². The molecule has 0 aromatic heterocycles. The van der Waals surface area contributed by atoms with Crippen molar-refractivity contribution in [2.75, 3.05) is 11.9 Å². The number of ether oxygens (including phenoxy) is 2. The number of aliphatic carboxylic acids is 1. The van der Waals surface area contributed by atoms with Crippen LogP contribution in [0.2, 0.25) is 0 Å². The third-order valence-corrected chi connectivity index (χ3v) is 9.24. The van der Waals surface area contributed by atoms with Gasteiger partial charge in [-0.15, -0.1) is 0 Å². The molecule has 1 aliphatic rings. The molecule has 8 amide bonds. The van der Waals surface area contributed by atoms with Crippen LogP contribution in [0, 0.1) is 5.92 Å². The quantitative estimate of drug-likeness (QED) is 0.0467. The van der Waals surface area contributed by atoms with Crippen molar-refractivity contribution in [2.24, 2.45) is 5.92 Å². The summed E-state index contributed by atoms with van der Waals surface area (Å²) >= 11 is 0. The van der Waals surface area contributed by atoms with Crippen LogP contribution < -0.4 is 31.9 Å². The van der Waals surface area contributed by atoms with Crippen molar-refractivity contribution >= 4 is 65.1 Å². The van der Waals surface area contributed by atoms with Crippen molar-refractivity contribution in [3.8, 4) is 5.75 Å². The minimum atomic E-state index is -1.38. The summed E-state index contributed by atoms with van der Waals surface area (Å²) in [5, 5.41) is 35.0. The van der Waals surface area contributed by atoms with E-state index in [4.69, 9.17) is 9.47 Å². The molecular weight excluding hydrogens is 839 g/mol. The summed E-state index contributed by atoms with van der Waals surface area (Å²) in [4.78, 5) is 126. The number of hydrogen-bond acceptors (Lipinski definition) is 13. The standard InChI is InChI=1S/C43H63N7O14/c1-23(40(60)61)20-30(48-32(52)12-11-19-50-33(53)16-17-34(50)54)39(59)46-25(3)37(57)44-24(2)36(56)45-26(4)38(58)49-29-22-27(13-15-31(29)51)21-28(47-41(62)64-43(8,9)10)14-18-35(55)63-42(5,6)7/h13,15-17,22-26,28,30,51H,11-12,14,18-21H2,1-10H3,(H,44,57)(H,45,56)(H,46,59)(H,47,62)(H,48,52)(H,49,58)(H,60,61)/t23-,24-,25-,26-,28+,30?/m0/s1. The number of hydrogen-bond donors (Lipinski definition) is 8. The van der Waals surface area contributed by atoms with Gasteiger partial charge in [0.1, 0.15) is 41.1 Å². The molecule has 1 heterocycles. The molecule has 0 spiro atoms. The minimum Gasteiger partial charge on any atom is -0.506 e. The first-order valence-electron chi connectivity index (χ1n) is 20.9. The van der Waals surface area contributed by atoms with Gasteiger partial charge in [0.2, 0.25) is 29.5 Å². The predicted octanol–water partition coefficient (Wildman–Crippen LogP) is 1.70. The van der Waals surface area contributed by atoms with E-state index in [0.717, 1.165) is 17.1 Å². The van der Waals surface area contributed by atoms with Crippen LogP contribution in [0.3, 0.4) is 0 Å². The number of amides is 8. The largest absolute Gasteiger partial charge is 0.506 e. The molecule has 1 aliphatic heterocycles. The number of carbonyl (C=O) groups is 10. The number of alkyl carbamates (subject to hydrolysis) is 1. The summed E-state index contributed by atoms with van der Waals surface area (Å²) in [7, 11) is 0. The Morgan fingerprint density at radius 2 is 1.23 bits per heavy atom. The molecule has 8 N–H and O–H groups in total. The number of nitrogens with one attached hydrogen (secondary N) is 6. The Labute approximate surface area is 372 Å². The number of esters is 1. The van der Waals surface area contributed by atoms with Crippen LogP contribution in [0.25, 0.3) is 0 Å². The van der Waals surface area contributed by atoms with Gasteiger partial charge in [0.15, 0.2) is 0 Å². The van der Waals surface area contributed by atoms with Crippen molar-refractivity contribution < 1.29 is 67.6 Å². The average Bonchev–Trinajstić information content (AvgIpc) is 3.48. The van der Waals surface area contributed by atoms with Gasteiger partial charge in [-0.3, -0.25) is 48.1 Å². The fourth-order valence-corrected chi connectivity index (χ4v) is 5.91. The van der Waals surface area contributed by atoms with E-state index in [1.165, 1.54) is 39.8 Å². The second-order valence-electron chi connectivity index (χ2n) is 17.6. The molecule has 21 nitrogen and oxygen atoms in total. The number of imide groups is 1. The molecule has 1 aromatic rings. The summed E-state index contributed by atoms with van der Waals surface area (Å²) < 4.78 is 10.8. The number of carbonyl (C=O) groups excluding carboxylic acids is 9. The Morgan fingerprint density at radius 1 is 0.703 bits per heavy atom. The highest BCUT2D eigenvalue weighted by atomic mass is 16.6. The number of benzene rings is 1. The van der Waals surface area contributed by atoms with Crippen LogP contribution in [0.1, 0.15) is 107 Å². The first-order chi connectivity index (χ1) is 29.5. The molecule has 2 rings (SSSR count). The number of aromatic hydroxyl groups is 1. The molecule has 0 saturated carbocycles. The third kappa shape index (κ3) is 19.2. The monoisotopic (exact) mass is 901 g/mol. The molecule has 0 fully saturated rings. The SMILES string of the molecule is C[C@H](NC(=O)C(C[C@H](C)C(=O)O)NC(=O)CCCN1C(=O)C=CC1=O)C(=O)N[C@@H](C)C(=O)N[C@@H](C)C(=O)Nc1cc(C[C@@H](CCC(=O)OC(C)(C)C)NC(=O)OC(C)(C)C)ccc1O. The molecule has 6 atom stereocenters. The second-order valence-corrected chi connectivity index (χ2v) is 17.6. The fraction of sp³-hybridized carbons (Fsp3) is 0.581. The zero-order chi connectivity index (χ0) is 48.7. The van der Waals surface area contributed by atoms with Crippen LogP contribution >= 0.6 is 0 Å². The Kier molecular flexibility index (Phi) is 19.9. The number of anilines is 1. The highest BCUT2D eigenvalue weighted by Gasteiger charge is 2.31. The maximum atomic E-state index is 13.2. The molecule has 1 unspecified atom stereocenters. The predicted molar refractivity (Wildman–Crippen MR) is 230 cm³/mol. The van der Waals surface area contributed by atoms with Gasteiger partial charge >= 0.3 is 18.0 Å². The molecule has 1 aromatic carbocycles. The van der Waals surface area contributed by atoms with E-state index < -0.39 is 107 Å². The highest BCUT2D eigenvalue weighted by Crippen LogP contribution is 2.26. The molecule has 64 heavy (non-hydrogen) atoms. The van der Waals surface area contributed by atoms with Gasteiger partial charge < -0.3 is 51.6 Å². The number of phenolic OH excluding ortho intramolecular Hbond substituents is 1. The van der Waals surface area contributed by atoms with E-state index >= 15 is 0 Å². The molecule has 354 valence electrons. The normalized spacial score (nSPS) is 15.4. The number of carboxylic acids is 1. The van der Waals surface area contributed by atoms with Crippen molar-refractivity contribution in [1.29, 1.82) is 0 Å². The zero-order valence-corrected chi connectivity index (χ0v) is 38.0. The topological polar surface area (TPSA) is 305 Å². The number of nitrogens with zero attached hydrogens (tertiary/aromatic N) is 1. The van der Waals surface area contributed by atoms with Crippen LogP contribution in [0.5, 0.6) is 5.75 Å². The molecule has 0 aliphatic carbocycles. The Bertz CT molecular complexity index is 1940. The molecule has 21 heteroatoms. The van der Waals surface area contributed by atoms with Crippen LogP contribution in [-0.4, -0.2) is 122 Å². The summed E-state index contributed by atoms with van der Waals surface area (Å²) in [6.07, 6.45) is 1.34. The first kappa shape index (κ1) is 53.6.